The van der Waals surface area contributed by atoms with Crippen molar-refractivity contribution in [2.45, 2.75) is 20.8 Å². The summed E-state index contributed by atoms with van der Waals surface area (Å²) in [7, 11) is 0. The summed E-state index contributed by atoms with van der Waals surface area (Å²) >= 11 is 0. The molecule has 0 fully saturated rings. The molecule has 0 radical (unpaired) electrons. The minimum atomic E-state index is 1.20. The van der Waals surface area contributed by atoms with E-state index in [0.29, 0.717) is 0 Å². The molecule has 0 aliphatic heterocycles. The van der Waals surface area contributed by atoms with Crippen LogP contribution in [0.3, 0.4) is 0 Å². The van der Waals surface area contributed by atoms with Gasteiger partial charge in [-0.25, -0.2) is 0 Å². The maximum atomic E-state index is 3.67. The van der Waals surface area contributed by atoms with Gasteiger partial charge in [-0.3, -0.25) is 0 Å². The van der Waals surface area contributed by atoms with E-state index in [1.54, 1.807) is 0 Å². The Labute approximate surface area is 63.3 Å². The Bertz CT molecular complexity index is 198. The van der Waals surface area contributed by atoms with Crippen molar-refractivity contribution in [1.29, 1.82) is 0 Å². The van der Waals surface area contributed by atoms with Crippen molar-refractivity contribution in [2.24, 2.45) is 0 Å². The SMILES string of the molecule is C=C/C(C)=C(/C)C=C=CC. The Hall–Kier alpha value is -1.00. The van der Waals surface area contributed by atoms with Crippen molar-refractivity contribution in [3.05, 3.63) is 41.7 Å². The number of hydrogen-bond acceptors (Lipinski definition) is 0. The second kappa shape index (κ2) is 4.84. The molecule has 0 aromatic rings. The van der Waals surface area contributed by atoms with Crippen LogP contribution in [0.25, 0.3) is 0 Å². The lowest BCUT2D eigenvalue weighted by Gasteiger charge is -1.92. The molecule has 0 aliphatic rings. The van der Waals surface area contributed by atoms with Gasteiger partial charge in [-0.1, -0.05) is 12.7 Å². The maximum Gasteiger partial charge on any atom is -0.0171 e. The van der Waals surface area contributed by atoms with Gasteiger partial charge in [0.25, 0.3) is 0 Å². The van der Waals surface area contributed by atoms with Crippen LogP contribution in [-0.4, -0.2) is 0 Å². The number of allylic oxidation sites excluding steroid dienone is 4. The summed E-state index contributed by atoms with van der Waals surface area (Å²) in [6.45, 7) is 9.71. The highest BCUT2D eigenvalue weighted by Gasteiger charge is 1.83. The fourth-order valence-corrected chi connectivity index (χ4v) is 0.483. The van der Waals surface area contributed by atoms with Gasteiger partial charge in [0.05, 0.1) is 0 Å². The summed E-state index contributed by atoms with van der Waals surface area (Å²) in [6, 6.07) is 0. The minimum Gasteiger partial charge on any atom is -0.125 e. The maximum absolute atomic E-state index is 3.67. The van der Waals surface area contributed by atoms with Gasteiger partial charge in [0.1, 0.15) is 0 Å². The normalized spacial score (nSPS) is 11.1. The van der Waals surface area contributed by atoms with Crippen LogP contribution in [0.5, 0.6) is 0 Å². The summed E-state index contributed by atoms with van der Waals surface area (Å²) in [4.78, 5) is 0. The molecular weight excluding hydrogens is 120 g/mol. The zero-order chi connectivity index (χ0) is 7.98. The topological polar surface area (TPSA) is 0 Å². The summed E-state index contributed by atoms with van der Waals surface area (Å²) in [5.74, 6) is 0. The largest absolute Gasteiger partial charge is 0.125 e. The van der Waals surface area contributed by atoms with E-state index in [-0.39, 0.29) is 0 Å². The molecule has 0 N–H and O–H groups in total. The Kier molecular flexibility index (Phi) is 4.36. The van der Waals surface area contributed by atoms with Crippen molar-refractivity contribution in [3.63, 3.8) is 0 Å². The predicted molar refractivity (Wildman–Crippen MR) is 46.9 cm³/mol. The standard InChI is InChI=1S/C10H14/c1-5-7-8-10(4)9(3)6-2/h5-6,8H,2H2,1,3-4H3/b10-9-. The third-order valence-corrected chi connectivity index (χ3v) is 1.39. The van der Waals surface area contributed by atoms with Crippen LogP contribution < -0.4 is 0 Å². The molecule has 0 aromatic carbocycles. The summed E-state index contributed by atoms with van der Waals surface area (Å²) in [6.07, 6.45) is 5.69. The fourth-order valence-electron chi connectivity index (χ4n) is 0.483. The van der Waals surface area contributed by atoms with E-state index in [2.05, 4.69) is 12.3 Å². The number of hydrogen-bond donors (Lipinski definition) is 0. The molecule has 0 nitrogen and oxygen atoms in total. The highest BCUT2D eigenvalue weighted by atomic mass is 13.9. The van der Waals surface area contributed by atoms with Crippen LogP contribution in [0, 0.1) is 0 Å². The smallest absolute Gasteiger partial charge is 0.0171 e. The van der Waals surface area contributed by atoms with Crippen LogP contribution >= 0.6 is 0 Å². The van der Waals surface area contributed by atoms with Crippen LogP contribution in [0.15, 0.2) is 41.7 Å². The van der Waals surface area contributed by atoms with E-state index in [4.69, 9.17) is 0 Å². The lowest BCUT2D eigenvalue weighted by Crippen LogP contribution is -1.72. The summed E-state index contributed by atoms with van der Waals surface area (Å²) < 4.78 is 0. The third kappa shape index (κ3) is 3.11. The van der Waals surface area contributed by atoms with Crippen molar-refractivity contribution >= 4 is 0 Å². The van der Waals surface area contributed by atoms with E-state index in [1.807, 2.05) is 39.0 Å². The first-order chi connectivity index (χ1) is 4.72. The van der Waals surface area contributed by atoms with Gasteiger partial charge in [0.2, 0.25) is 0 Å². The first kappa shape index (κ1) is 9.00. The Morgan fingerprint density at radius 3 is 2.30 bits per heavy atom. The monoisotopic (exact) mass is 134 g/mol. The van der Waals surface area contributed by atoms with Crippen LogP contribution in [0.1, 0.15) is 20.8 Å². The van der Waals surface area contributed by atoms with Crippen molar-refractivity contribution in [3.8, 4) is 0 Å². The average molecular weight is 134 g/mol. The molecule has 10 heavy (non-hydrogen) atoms. The quantitative estimate of drug-likeness (QED) is 0.401. The van der Waals surface area contributed by atoms with Gasteiger partial charge >= 0.3 is 0 Å². The molecule has 0 aromatic heterocycles. The highest BCUT2D eigenvalue weighted by molar-refractivity contribution is 5.28. The van der Waals surface area contributed by atoms with E-state index in [1.165, 1.54) is 11.1 Å². The van der Waals surface area contributed by atoms with Crippen molar-refractivity contribution in [2.75, 3.05) is 0 Å². The molecule has 0 bridgehead atoms. The van der Waals surface area contributed by atoms with Crippen LogP contribution in [-0.2, 0) is 0 Å². The molecule has 0 heterocycles. The van der Waals surface area contributed by atoms with Gasteiger partial charge in [-0.05, 0) is 44.1 Å². The Balaban J connectivity index is 4.48. The lowest BCUT2D eigenvalue weighted by atomic mass is 10.1. The van der Waals surface area contributed by atoms with E-state index < -0.39 is 0 Å². The molecule has 0 aliphatic carbocycles. The first-order valence-electron chi connectivity index (χ1n) is 3.39. The molecule has 0 amide bonds. The summed E-state index contributed by atoms with van der Waals surface area (Å²) in [5, 5.41) is 0. The second-order valence-electron chi connectivity index (χ2n) is 2.17. The van der Waals surface area contributed by atoms with Crippen LogP contribution in [0.2, 0.25) is 0 Å². The number of rotatable bonds is 2. The summed E-state index contributed by atoms with van der Waals surface area (Å²) in [5.41, 5.74) is 5.43. The predicted octanol–water partition coefficient (Wildman–Crippen LogP) is 3.24. The fraction of sp³-hybridized carbons (Fsp3) is 0.300. The molecule has 0 spiro atoms. The zero-order valence-electron chi connectivity index (χ0n) is 6.94. The van der Waals surface area contributed by atoms with E-state index in [0.717, 1.165) is 0 Å². The zero-order valence-corrected chi connectivity index (χ0v) is 6.94. The molecule has 0 saturated heterocycles. The molecule has 0 rings (SSSR count). The first-order valence-corrected chi connectivity index (χ1v) is 3.39. The van der Waals surface area contributed by atoms with Gasteiger partial charge < -0.3 is 0 Å². The molecule has 0 heteroatoms. The third-order valence-electron chi connectivity index (χ3n) is 1.39. The van der Waals surface area contributed by atoms with Crippen LogP contribution in [0.4, 0.5) is 0 Å². The van der Waals surface area contributed by atoms with Gasteiger partial charge in [-0.2, -0.15) is 0 Å². The van der Waals surface area contributed by atoms with E-state index >= 15 is 0 Å². The minimum absolute atomic E-state index is 1.20. The molecule has 0 unspecified atom stereocenters. The Morgan fingerprint density at radius 2 is 1.90 bits per heavy atom. The lowest BCUT2D eigenvalue weighted by molar-refractivity contribution is 1.38. The Morgan fingerprint density at radius 1 is 1.30 bits per heavy atom. The van der Waals surface area contributed by atoms with Gasteiger partial charge in [-0.15, -0.1) is 5.73 Å². The van der Waals surface area contributed by atoms with Gasteiger partial charge in [0, 0.05) is 0 Å². The average Bonchev–Trinajstić information content (AvgIpc) is 1.98. The molecule has 0 saturated carbocycles. The van der Waals surface area contributed by atoms with Crippen molar-refractivity contribution in [1.82, 2.24) is 0 Å². The molecular formula is C10H14. The molecule has 54 valence electrons. The van der Waals surface area contributed by atoms with Crippen molar-refractivity contribution < 1.29 is 0 Å². The molecule has 0 atom stereocenters. The van der Waals surface area contributed by atoms with E-state index in [9.17, 15) is 0 Å². The highest BCUT2D eigenvalue weighted by Crippen LogP contribution is 2.03. The second-order valence-corrected chi connectivity index (χ2v) is 2.17. The van der Waals surface area contributed by atoms with Gasteiger partial charge in [0.15, 0.2) is 0 Å².